The lowest BCUT2D eigenvalue weighted by Crippen LogP contribution is -2.31. The van der Waals surface area contributed by atoms with Gasteiger partial charge >= 0.3 is 0 Å². The highest BCUT2D eigenvalue weighted by Gasteiger charge is 2.25. The molecule has 5 heteroatoms. The van der Waals surface area contributed by atoms with Gasteiger partial charge in [-0.05, 0) is 128 Å². The summed E-state index contributed by atoms with van der Waals surface area (Å²) in [4.78, 5) is 4.94. The van der Waals surface area contributed by atoms with Crippen molar-refractivity contribution in [2.45, 2.75) is 98.8 Å². The van der Waals surface area contributed by atoms with Gasteiger partial charge in [-0.1, -0.05) is 179 Å². The molecule has 5 nitrogen and oxygen atoms in total. The van der Waals surface area contributed by atoms with Gasteiger partial charge in [-0.3, -0.25) is 13.7 Å². The number of hydrogen-bond donors (Lipinski definition) is 0. The number of benzene rings is 7. The summed E-state index contributed by atoms with van der Waals surface area (Å²) in [5.41, 5.74) is 12.0. The second kappa shape index (κ2) is 17.4. The summed E-state index contributed by atoms with van der Waals surface area (Å²) >= 11 is 0. The van der Waals surface area contributed by atoms with Crippen LogP contribution < -0.4 is 9.30 Å². The van der Waals surface area contributed by atoms with E-state index in [0.717, 1.165) is 67.6 Å². The van der Waals surface area contributed by atoms with E-state index in [4.69, 9.17) is 13.8 Å². The third-order valence-electron chi connectivity index (χ3n) is 13.2. The number of pyridine rings is 1. The molecule has 7 aromatic carbocycles. The van der Waals surface area contributed by atoms with Gasteiger partial charge in [0.1, 0.15) is 17.3 Å². The van der Waals surface area contributed by atoms with Crippen LogP contribution in [0.2, 0.25) is 0 Å². The smallest absolute Gasteiger partial charge is 0.269 e. The molecule has 0 aliphatic heterocycles. The van der Waals surface area contributed by atoms with Crippen molar-refractivity contribution in [3.8, 4) is 50.9 Å². The first kappa shape index (κ1) is 39.7. The van der Waals surface area contributed by atoms with Crippen molar-refractivity contribution in [3.63, 3.8) is 0 Å². The molecule has 0 unspecified atom stereocenters. The molecule has 0 aliphatic rings. The highest BCUT2D eigenvalue weighted by molar-refractivity contribution is 6.09. The molecule has 0 saturated carbocycles. The Labute approximate surface area is 415 Å². The number of ether oxygens (including phenoxy) is 1. The van der Waals surface area contributed by atoms with Crippen LogP contribution in [0.15, 0.2) is 170 Å². The number of para-hydroxylation sites is 3. The molecule has 10 aromatic rings. The van der Waals surface area contributed by atoms with Crippen LogP contribution >= 0.6 is 0 Å². The Bertz CT molecular complexity index is 3780. The van der Waals surface area contributed by atoms with E-state index >= 15 is 0 Å². The van der Waals surface area contributed by atoms with Gasteiger partial charge in [0.2, 0.25) is 0 Å². The SMILES string of the molecule is [2H]c1c([2H])c([2H])c(-c2cccc(-c3cc(C(C)(C)C)cc(C(C)(C)C)c3)c2-[n+]2[c-]n(-c3cccc(Oc4ccc5c6cc(CC(C)C)ccc6n(-c6cc(C(C)(C)C)ccn6)c5c4)c3)c3ccccc32)c([2H])c1[2H]. The average Bonchev–Trinajstić information content (AvgIpc) is 3.91. The Hall–Kier alpha value is -7.24. The van der Waals surface area contributed by atoms with E-state index in [-0.39, 0.29) is 33.9 Å². The monoisotopic (exact) mass is 910 g/mol. The summed E-state index contributed by atoms with van der Waals surface area (Å²) in [6.07, 6.45) is 6.60. The normalized spacial score (nSPS) is 13.5. The summed E-state index contributed by atoms with van der Waals surface area (Å²) in [5.74, 6) is 2.68. The van der Waals surface area contributed by atoms with Crippen LogP contribution in [0.1, 0.15) is 105 Å². The molecule has 0 fully saturated rings. The largest absolute Gasteiger partial charge is 0.458 e. The molecule has 0 aliphatic carbocycles. The van der Waals surface area contributed by atoms with Crippen LogP contribution in [0.25, 0.3) is 72.3 Å². The fourth-order valence-electron chi connectivity index (χ4n) is 9.46. The minimum atomic E-state index is -0.437. The van der Waals surface area contributed by atoms with Crippen LogP contribution in [-0.2, 0) is 22.7 Å². The molecule has 0 bridgehead atoms. The maximum atomic E-state index is 9.23. The molecule has 346 valence electrons. The minimum Gasteiger partial charge on any atom is -0.458 e. The van der Waals surface area contributed by atoms with E-state index in [9.17, 15) is 2.74 Å². The van der Waals surface area contributed by atoms with E-state index in [0.29, 0.717) is 28.7 Å². The van der Waals surface area contributed by atoms with Crippen molar-refractivity contribution in [1.82, 2.24) is 14.1 Å². The molecule has 0 N–H and O–H groups in total. The average molecular weight is 910 g/mol. The molecule has 0 radical (unpaired) electrons. The van der Waals surface area contributed by atoms with E-state index < -0.39 is 18.1 Å². The maximum Gasteiger partial charge on any atom is 0.269 e. The van der Waals surface area contributed by atoms with Gasteiger partial charge < -0.3 is 4.74 Å². The standard InChI is InChI=1S/C64H64N4O/c1-42(2)33-43-27-30-56-55(34-43)54-29-28-51(40-59(54)68(56)60-38-46(31-32-65-60)62(3,4)5)69-50-22-17-21-49(39-50)66-41-67(58-26-16-15-25-57(58)66)61-52(44-19-13-12-14-20-44)23-18-24-53(61)45-35-47(63(6,7)8)37-48(36-45)64(9,10)11/h12-32,34-40,42H,33H2,1-11H3/i12D,13D,14D,19D,20D. The Morgan fingerprint density at radius 3 is 1.99 bits per heavy atom. The molecule has 3 heterocycles. The van der Waals surface area contributed by atoms with Crippen LogP contribution in [-0.4, -0.2) is 14.1 Å². The number of fused-ring (bicyclic) bond motifs is 4. The molecule has 69 heavy (non-hydrogen) atoms. The van der Waals surface area contributed by atoms with Gasteiger partial charge in [0, 0.05) is 23.0 Å². The molecule has 0 spiro atoms. The number of nitrogens with zero attached hydrogens (tertiary/aromatic N) is 4. The summed E-state index contributed by atoms with van der Waals surface area (Å²) in [7, 11) is 0. The maximum absolute atomic E-state index is 9.23. The topological polar surface area (TPSA) is 35.9 Å². The number of aromatic nitrogens is 4. The Morgan fingerprint density at radius 1 is 0.594 bits per heavy atom. The lowest BCUT2D eigenvalue weighted by molar-refractivity contribution is -0.571. The zero-order valence-corrected chi connectivity index (χ0v) is 41.8. The number of hydrogen-bond acceptors (Lipinski definition) is 2. The molecular formula is C64H64N4O. The second-order valence-electron chi connectivity index (χ2n) is 22.0. The first-order valence-electron chi connectivity index (χ1n) is 26.6. The summed E-state index contributed by atoms with van der Waals surface area (Å²) < 4.78 is 57.5. The van der Waals surface area contributed by atoms with E-state index in [1.54, 1.807) is 0 Å². The molecular weight excluding hydrogens is 841 g/mol. The van der Waals surface area contributed by atoms with Crippen molar-refractivity contribution in [2.24, 2.45) is 5.92 Å². The Kier molecular flexibility index (Phi) is 10.0. The van der Waals surface area contributed by atoms with E-state index in [2.05, 4.69) is 154 Å². The van der Waals surface area contributed by atoms with Gasteiger partial charge in [0.05, 0.1) is 40.3 Å². The first-order chi connectivity index (χ1) is 35.0. The van der Waals surface area contributed by atoms with Gasteiger partial charge in [0.15, 0.2) is 0 Å². The van der Waals surface area contributed by atoms with Gasteiger partial charge in [-0.2, -0.15) is 0 Å². The van der Waals surface area contributed by atoms with Crippen LogP contribution in [0, 0.1) is 12.2 Å². The van der Waals surface area contributed by atoms with E-state index in [1.165, 1.54) is 16.5 Å². The van der Waals surface area contributed by atoms with Crippen molar-refractivity contribution in [3.05, 3.63) is 198 Å². The second-order valence-corrected chi connectivity index (χ2v) is 22.0. The fraction of sp³-hybridized carbons (Fsp3) is 0.250. The summed E-state index contributed by atoms with van der Waals surface area (Å²) in [5, 5.41) is 2.29. The van der Waals surface area contributed by atoms with Crippen molar-refractivity contribution in [1.29, 1.82) is 0 Å². The van der Waals surface area contributed by atoms with Crippen molar-refractivity contribution >= 4 is 32.8 Å². The number of rotatable bonds is 9. The van der Waals surface area contributed by atoms with Crippen LogP contribution in [0.3, 0.4) is 0 Å². The van der Waals surface area contributed by atoms with Crippen LogP contribution in [0.4, 0.5) is 0 Å². The summed E-state index contributed by atoms with van der Waals surface area (Å²) in [6.45, 7) is 24.4. The Balaban J connectivity index is 1.14. The highest BCUT2D eigenvalue weighted by Crippen LogP contribution is 2.40. The predicted molar refractivity (Wildman–Crippen MR) is 288 cm³/mol. The highest BCUT2D eigenvalue weighted by atomic mass is 16.5. The molecule has 0 atom stereocenters. The molecule has 0 amide bonds. The first-order valence-corrected chi connectivity index (χ1v) is 24.1. The quantitative estimate of drug-likeness (QED) is 0.107. The predicted octanol–water partition coefficient (Wildman–Crippen LogP) is 16.4. The zero-order valence-electron chi connectivity index (χ0n) is 46.8. The van der Waals surface area contributed by atoms with Gasteiger partial charge in [-0.15, -0.1) is 0 Å². The van der Waals surface area contributed by atoms with Crippen molar-refractivity contribution in [2.75, 3.05) is 0 Å². The molecule has 0 saturated heterocycles. The Morgan fingerprint density at radius 2 is 1.28 bits per heavy atom. The third kappa shape index (κ3) is 8.87. The lowest BCUT2D eigenvalue weighted by Gasteiger charge is -2.27. The van der Waals surface area contributed by atoms with E-state index in [1.807, 2.05) is 82.1 Å². The lowest BCUT2D eigenvalue weighted by atomic mass is 9.78. The van der Waals surface area contributed by atoms with Crippen LogP contribution in [0.5, 0.6) is 11.5 Å². The zero-order chi connectivity index (χ0) is 52.8. The minimum absolute atomic E-state index is 0.0634. The third-order valence-corrected chi connectivity index (χ3v) is 13.2. The van der Waals surface area contributed by atoms with Gasteiger partial charge in [0.25, 0.3) is 6.33 Å². The van der Waals surface area contributed by atoms with Crippen molar-refractivity contribution < 1.29 is 16.2 Å². The fourth-order valence-corrected chi connectivity index (χ4v) is 9.46. The van der Waals surface area contributed by atoms with Gasteiger partial charge in [-0.25, -0.2) is 4.98 Å². The molecule has 10 rings (SSSR count). The summed E-state index contributed by atoms with van der Waals surface area (Å²) in [6, 6.07) is 44.2. The molecule has 3 aromatic heterocycles. The number of imidazole rings is 1.